The predicted molar refractivity (Wildman–Crippen MR) is 107 cm³/mol. The van der Waals surface area contributed by atoms with E-state index in [1.807, 2.05) is 54.0 Å². The fourth-order valence-corrected chi connectivity index (χ4v) is 3.36. The SMILES string of the molecule is COC(=O)c1cc2ccccc2n1C[C@@H](C)NC[C@H](O)c1cccc(Cl)c1. The van der Waals surface area contributed by atoms with Crippen LogP contribution in [0.1, 0.15) is 29.1 Å². The second kappa shape index (κ2) is 8.57. The Labute approximate surface area is 163 Å². The average Bonchev–Trinajstić information content (AvgIpc) is 3.04. The standard InChI is InChI=1S/C21H23ClN2O3/c1-14(23-12-20(25)16-7-5-8-17(22)10-16)13-24-18-9-4-3-6-15(18)11-19(24)21(26)27-2/h3-11,14,20,23,25H,12-13H2,1-2H3/t14-,20+/m1/s1. The molecule has 2 aromatic carbocycles. The monoisotopic (exact) mass is 386 g/mol. The van der Waals surface area contributed by atoms with Crippen LogP contribution < -0.4 is 5.32 Å². The molecule has 0 bridgehead atoms. The van der Waals surface area contributed by atoms with Crippen LogP contribution in [0.3, 0.4) is 0 Å². The topological polar surface area (TPSA) is 63.5 Å². The van der Waals surface area contributed by atoms with Crippen LogP contribution in [0.25, 0.3) is 10.9 Å². The second-order valence-corrected chi connectivity index (χ2v) is 7.01. The zero-order valence-corrected chi connectivity index (χ0v) is 16.1. The van der Waals surface area contributed by atoms with Crippen molar-refractivity contribution in [2.24, 2.45) is 0 Å². The van der Waals surface area contributed by atoms with Crippen LogP contribution in [0.15, 0.2) is 54.6 Å². The maximum absolute atomic E-state index is 12.2. The molecule has 0 aliphatic rings. The Bertz CT molecular complexity index is 938. The molecule has 2 N–H and O–H groups in total. The van der Waals surface area contributed by atoms with Crippen LogP contribution in [0.5, 0.6) is 0 Å². The molecule has 0 saturated heterocycles. The van der Waals surface area contributed by atoms with Crippen LogP contribution in [-0.4, -0.2) is 35.3 Å². The summed E-state index contributed by atoms with van der Waals surface area (Å²) in [6, 6.07) is 16.9. The molecule has 0 saturated carbocycles. The number of aromatic nitrogens is 1. The minimum absolute atomic E-state index is 0.0260. The highest BCUT2D eigenvalue weighted by atomic mass is 35.5. The molecule has 0 radical (unpaired) electrons. The van der Waals surface area contributed by atoms with Gasteiger partial charge in [-0.2, -0.15) is 0 Å². The van der Waals surface area contributed by atoms with Crippen molar-refractivity contribution in [3.05, 3.63) is 70.9 Å². The highest BCUT2D eigenvalue weighted by Crippen LogP contribution is 2.21. The number of rotatable bonds is 7. The molecule has 3 rings (SSSR count). The van der Waals surface area contributed by atoms with Crippen molar-refractivity contribution in [1.29, 1.82) is 0 Å². The Balaban J connectivity index is 1.72. The summed E-state index contributed by atoms with van der Waals surface area (Å²) in [4.78, 5) is 12.2. The van der Waals surface area contributed by atoms with Gasteiger partial charge in [0.05, 0.1) is 13.2 Å². The van der Waals surface area contributed by atoms with E-state index in [9.17, 15) is 9.90 Å². The lowest BCUT2D eigenvalue weighted by atomic mass is 10.1. The lowest BCUT2D eigenvalue weighted by Gasteiger charge is -2.20. The van der Waals surface area contributed by atoms with Gasteiger partial charge in [0, 0.05) is 35.1 Å². The second-order valence-electron chi connectivity index (χ2n) is 6.57. The molecule has 142 valence electrons. The van der Waals surface area contributed by atoms with Gasteiger partial charge in [0.15, 0.2) is 0 Å². The molecule has 0 unspecified atom stereocenters. The summed E-state index contributed by atoms with van der Waals surface area (Å²) in [5, 5.41) is 15.3. The number of nitrogens with zero attached hydrogens (tertiary/aromatic N) is 1. The first-order valence-electron chi connectivity index (χ1n) is 8.83. The summed E-state index contributed by atoms with van der Waals surface area (Å²) in [5.41, 5.74) is 2.26. The van der Waals surface area contributed by atoms with Crippen molar-refractivity contribution < 1.29 is 14.6 Å². The highest BCUT2D eigenvalue weighted by molar-refractivity contribution is 6.30. The minimum Gasteiger partial charge on any atom is -0.464 e. The Morgan fingerprint density at radius 1 is 1.22 bits per heavy atom. The van der Waals surface area contributed by atoms with Crippen molar-refractivity contribution in [3.63, 3.8) is 0 Å². The van der Waals surface area contributed by atoms with Gasteiger partial charge in [0.25, 0.3) is 0 Å². The quantitative estimate of drug-likeness (QED) is 0.606. The van der Waals surface area contributed by atoms with E-state index in [4.69, 9.17) is 16.3 Å². The number of hydrogen-bond acceptors (Lipinski definition) is 4. The molecule has 5 nitrogen and oxygen atoms in total. The van der Waals surface area contributed by atoms with Crippen LogP contribution in [0.4, 0.5) is 0 Å². The van der Waals surface area contributed by atoms with E-state index in [1.165, 1.54) is 7.11 Å². The van der Waals surface area contributed by atoms with Crippen LogP contribution in [-0.2, 0) is 11.3 Å². The molecule has 2 atom stereocenters. The Kier molecular flexibility index (Phi) is 6.16. The number of halogens is 1. The van der Waals surface area contributed by atoms with E-state index in [0.29, 0.717) is 23.8 Å². The van der Waals surface area contributed by atoms with Gasteiger partial charge in [-0.1, -0.05) is 41.9 Å². The molecule has 0 spiro atoms. The zero-order valence-electron chi connectivity index (χ0n) is 15.4. The summed E-state index contributed by atoms with van der Waals surface area (Å²) in [7, 11) is 1.38. The van der Waals surface area contributed by atoms with Gasteiger partial charge in [-0.25, -0.2) is 4.79 Å². The number of esters is 1. The number of nitrogens with one attached hydrogen (secondary N) is 1. The number of carbonyl (C=O) groups excluding carboxylic acids is 1. The summed E-state index contributed by atoms with van der Waals surface area (Å²) in [6.45, 7) is 2.97. The van der Waals surface area contributed by atoms with Gasteiger partial charge in [-0.3, -0.25) is 0 Å². The van der Waals surface area contributed by atoms with Gasteiger partial charge in [-0.05, 0) is 36.8 Å². The maximum atomic E-state index is 12.2. The molecule has 27 heavy (non-hydrogen) atoms. The van der Waals surface area contributed by atoms with Gasteiger partial charge in [-0.15, -0.1) is 0 Å². The number of hydrogen-bond donors (Lipinski definition) is 2. The third kappa shape index (κ3) is 4.50. The van der Waals surface area contributed by atoms with Crippen molar-refractivity contribution in [2.75, 3.05) is 13.7 Å². The Morgan fingerprint density at radius 2 is 2.00 bits per heavy atom. The molecule has 3 aromatic rings. The molecule has 0 amide bonds. The predicted octanol–water partition coefficient (Wildman–Crippen LogP) is 3.79. The third-order valence-corrected chi connectivity index (χ3v) is 4.79. The Morgan fingerprint density at radius 3 is 2.74 bits per heavy atom. The highest BCUT2D eigenvalue weighted by Gasteiger charge is 2.18. The third-order valence-electron chi connectivity index (χ3n) is 4.55. The maximum Gasteiger partial charge on any atom is 0.354 e. The van der Waals surface area contributed by atoms with Crippen molar-refractivity contribution in [1.82, 2.24) is 9.88 Å². The molecule has 0 fully saturated rings. The van der Waals surface area contributed by atoms with Crippen molar-refractivity contribution >= 4 is 28.5 Å². The van der Waals surface area contributed by atoms with E-state index in [1.54, 1.807) is 12.1 Å². The normalized spacial score (nSPS) is 13.5. The van der Waals surface area contributed by atoms with E-state index in [-0.39, 0.29) is 12.0 Å². The van der Waals surface area contributed by atoms with Crippen molar-refractivity contribution in [3.8, 4) is 0 Å². The van der Waals surface area contributed by atoms with Crippen LogP contribution in [0, 0.1) is 0 Å². The first kappa shape index (κ1) is 19.4. The van der Waals surface area contributed by atoms with Gasteiger partial charge < -0.3 is 19.7 Å². The first-order valence-corrected chi connectivity index (χ1v) is 9.21. The smallest absolute Gasteiger partial charge is 0.354 e. The molecular formula is C21H23ClN2O3. The number of methoxy groups -OCH3 is 1. The minimum atomic E-state index is -0.660. The largest absolute Gasteiger partial charge is 0.464 e. The number of ether oxygens (including phenoxy) is 1. The summed E-state index contributed by atoms with van der Waals surface area (Å²) in [5.74, 6) is -0.364. The van der Waals surface area contributed by atoms with Crippen molar-refractivity contribution in [2.45, 2.75) is 25.6 Å². The molecule has 0 aliphatic carbocycles. The summed E-state index contributed by atoms with van der Waals surface area (Å²) < 4.78 is 6.87. The summed E-state index contributed by atoms with van der Waals surface area (Å²) >= 11 is 5.98. The fourth-order valence-electron chi connectivity index (χ4n) is 3.16. The molecular weight excluding hydrogens is 364 g/mol. The molecule has 6 heteroatoms. The number of fused-ring (bicyclic) bond motifs is 1. The summed E-state index contributed by atoms with van der Waals surface area (Å²) in [6.07, 6.45) is -0.660. The first-order chi connectivity index (χ1) is 13.0. The van der Waals surface area contributed by atoms with Gasteiger partial charge in [0.2, 0.25) is 0 Å². The zero-order chi connectivity index (χ0) is 19.4. The number of benzene rings is 2. The van der Waals surface area contributed by atoms with Crippen LogP contribution >= 0.6 is 11.6 Å². The lowest BCUT2D eigenvalue weighted by molar-refractivity contribution is 0.0588. The lowest BCUT2D eigenvalue weighted by Crippen LogP contribution is -2.34. The molecule has 0 aliphatic heterocycles. The number of para-hydroxylation sites is 1. The fraction of sp³-hybridized carbons (Fsp3) is 0.286. The molecule has 1 heterocycles. The van der Waals surface area contributed by atoms with Gasteiger partial charge >= 0.3 is 5.97 Å². The Hall–Kier alpha value is -2.34. The van der Waals surface area contributed by atoms with E-state index >= 15 is 0 Å². The van der Waals surface area contributed by atoms with E-state index in [0.717, 1.165) is 16.5 Å². The average molecular weight is 387 g/mol. The molecule has 1 aromatic heterocycles. The number of carbonyl (C=O) groups is 1. The number of aliphatic hydroxyl groups excluding tert-OH is 1. The van der Waals surface area contributed by atoms with Gasteiger partial charge in [0.1, 0.15) is 5.69 Å². The van der Waals surface area contributed by atoms with E-state index < -0.39 is 6.10 Å². The van der Waals surface area contributed by atoms with E-state index in [2.05, 4.69) is 5.32 Å². The number of aliphatic hydroxyl groups is 1. The van der Waals surface area contributed by atoms with Crippen LogP contribution in [0.2, 0.25) is 5.02 Å².